The van der Waals surface area contributed by atoms with E-state index in [1.165, 1.54) is 0 Å². The van der Waals surface area contributed by atoms with Gasteiger partial charge < -0.3 is 5.73 Å². The van der Waals surface area contributed by atoms with E-state index in [4.69, 9.17) is 28.9 Å². The van der Waals surface area contributed by atoms with Crippen LogP contribution in [0.1, 0.15) is 31.2 Å². The van der Waals surface area contributed by atoms with Crippen molar-refractivity contribution in [2.45, 2.75) is 44.3 Å². The molecule has 0 amide bonds. The van der Waals surface area contributed by atoms with Crippen molar-refractivity contribution in [3.63, 3.8) is 0 Å². The molecule has 0 radical (unpaired) electrons. The van der Waals surface area contributed by atoms with Gasteiger partial charge in [0.2, 0.25) is 0 Å². The van der Waals surface area contributed by atoms with Gasteiger partial charge in [0.25, 0.3) is 0 Å². The molecule has 3 unspecified atom stereocenters. The summed E-state index contributed by atoms with van der Waals surface area (Å²) in [5.41, 5.74) is 6.93. The molecule has 1 nitrogen and oxygen atoms in total. The zero-order valence-corrected chi connectivity index (χ0v) is 13.0. The SMILES string of the molecule is NC(Cc1cccc(Cl)c1Cl)C1CCCC(C(F)(F)F)C1. The first kappa shape index (κ1) is 16.9. The van der Waals surface area contributed by atoms with Gasteiger partial charge in [0.15, 0.2) is 0 Å². The summed E-state index contributed by atoms with van der Waals surface area (Å²) in [6, 6.07) is 4.94. The minimum atomic E-state index is -4.12. The van der Waals surface area contributed by atoms with Crippen molar-refractivity contribution in [3.05, 3.63) is 33.8 Å². The van der Waals surface area contributed by atoms with Gasteiger partial charge in [0.1, 0.15) is 0 Å². The number of hydrogen-bond donors (Lipinski definition) is 1. The fourth-order valence-corrected chi connectivity index (χ4v) is 3.44. The van der Waals surface area contributed by atoms with E-state index in [2.05, 4.69) is 0 Å². The molecule has 0 spiro atoms. The molecule has 1 aliphatic carbocycles. The molecule has 1 fully saturated rings. The Kier molecular flexibility index (Phi) is 5.44. The van der Waals surface area contributed by atoms with E-state index < -0.39 is 12.1 Å². The topological polar surface area (TPSA) is 26.0 Å². The second-order valence-electron chi connectivity index (χ2n) is 5.75. The van der Waals surface area contributed by atoms with Crippen LogP contribution in [0, 0.1) is 11.8 Å². The zero-order chi connectivity index (χ0) is 15.6. The molecule has 6 heteroatoms. The monoisotopic (exact) mass is 339 g/mol. The number of benzene rings is 1. The summed E-state index contributed by atoms with van der Waals surface area (Å²) in [6.45, 7) is 0. The third-order valence-electron chi connectivity index (χ3n) is 4.27. The number of halogens is 5. The van der Waals surface area contributed by atoms with Crippen molar-refractivity contribution in [2.24, 2.45) is 17.6 Å². The number of rotatable bonds is 3. The van der Waals surface area contributed by atoms with Gasteiger partial charge in [-0.15, -0.1) is 0 Å². The average Bonchev–Trinajstić information content (AvgIpc) is 2.43. The predicted octanol–water partition coefficient (Wildman–Crippen LogP) is 5.23. The fraction of sp³-hybridized carbons (Fsp3) is 0.600. The van der Waals surface area contributed by atoms with Gasteiger partial charge in [-0.3, -0.25) is 0 Å². The van der Waals surface area contributed by atoms with Crippen LogP contribution >= 0.6 is 23.2 Å². The number of hydrogen-bond acceptors (Lipinski definition) is 1. The Morgan fingerprint density at radius 3 is 2.62 bits per heavy atom. The highest BCUT2D eigenvalue weighted by molar-refractivity contribution is 6.42. The molecule has 0 aromatic heterocycles. The summed E-state index contributed by atoms with van der Waals surface area (Å²) in [5, 5.41) is 0.885. The standard InChI is InChI=1S/C15H18Cl2F3N/c16-12-6-2-4-10(14(12)17)8-13(21)9-3-1-5-11(7-9)15(18,19)20/h2,4,6,9,11,13H,1,3,5,7-8,21H2. The van der Waals surface area contributed by atoms with Gasteiger partial charge >= 0.3 is 6.18 Å². The first-order valence-corrected chi connectivity index (χ1v) is 7.79. The van der Waals surface area contributed by atoms with Crippen LogP contribution in [0.2, 0.25) is 10.0 Å². The van der Waals surface area contributed by atoms with Crippen LogP contribution in [0.5, 0.6) is 0 Å². The van der Waals surface area contributed by atoms with Crippen LogP contribution in [0.3, 0.4) is 0 Å². The summed E-state index contributed by atoms with van der Waals surface area (Å²) in [6.07, 6.45) is -2.02. The second kappa shape index (κ2) is 6.76. The van der Waals surface area contributed by atoms with Crippen LogP contribution in [0.25, 0.3) is 0 Å². The minimum Gasteiger partial charge on any atom is -0.327 e. The van der Waals surface area contributed by atoms with Crippen LogP contribution in [0.15, 0.2) is 18.2 Å². The van der Waals surface area contributed by atoms with Crippen LogP contribution in [0.4, 0.5) is 13.2 Å². The van der Waals surface area contributed by atoms with Crippen LogP contribution in [-0.2, 0) is 6.42 Å². The Morgan fingerprint density at radius 2 is 1.95 bits per heavy atom. The maximum atomic E-state index is 12.8. The van der Waals surface area contributed by atoms with Gasteiger partial charge in [0.05, 0.1) is 16.0 Å². The molecule has 0 bridgehead atoms. The smallest absolute Gasteiger partial charge is 0.327 e. The fourth-order valence-electron chi connectivity index (χ4n) is 3.04. The number of alkyl halides is 3. The Hall–Kier alpha value is -0.450. The van der Waals surface area contributed by atoms with Crippen LogP contribution in [-0.4, -0.2) is 12.2 Å². The van der Waals surface area contributed by atoms with Crippen molar-refractivity contribution in [1.82, 2.24) is 0 Å². The molecule has 2 rings (SSSR count). The van der Waals surface area contributed by atoms with E-state index in [9.17, 15) is 13.2 Å². The zero-order valence-electron chi connectivity index (χ0n) is 11.5. The molecule has 1 aromatic rings. The molecular formula is C15H18Cl2F3N. The first-order chi connectivity index (χ1) is 9.79. The lowest BCUT2D eigenvalue weighted by Gasteiger charge is -2.34. The Morgan fingerprint density at radius 1 is 1.24 bits per heavy atom. The van der Waals surface area contributed by atoms with E-state index >= 15 is 0 Å². The first-order valence-electron chi connectivity index (χ1n) is 7.04. The minimum absolute atomic E-state index is 0.114. The van der Waals surface area contributed by atoms with Crippen molar-refractivity contribution in [1.29, 1.82) is 0 Å². The molecular weight excluding hydrogens is 322 g/mol. The Labute approximate surface area is 132 Å². The summed E-state index contributed by atoms with van der Waals surface area (Å²) >= 11 is 12.1. The molecule has 21 heavy (non-hydrogen) atoms. The summed E-state index contributed by atoms with van der Waals surface area (Å²) in [7, 11) is 0. The molecule has 1 saturated carbocycles. The lowest BCUT2D eigenvalue weighted by Crippen LogP contribution is -2.38. The molecule has 118 valence electrons. The largest absolute Gasteiger partial charge is 0.391 e. The van der Waals surface area contributed by atoms with E-state index in [1.807, 2.05) is 6.07 Å². The van der Waals surface area contributed by atoms with Crippen molar-refractivity contribution in [2.75, 3.05) is 0 Å². The molecule has 0 aliphatic heterocycles. The Balaban J connectivity index is 2.03. The van der Waals surface area contributed by atoms with E-state index in [-0.39, 0.29) is 24.8 Å². The second-order valence-corrected chi connectivity index (χ2v) is 6.53. The van der Waals surface area contributed by atoms with Crippen LogP contribution < -0.4 is 5.73 Å². The van der Waals surface area contributed by atoms with Gasteiger partial charge in [-0.25, -0.2) is 0 Å². The third kappa shape index (κ3) is 4.27. The van der Waals surface area contributed by atoms with Gasteiger partial charge in [-0.05, 0) is 43.2 Å². The quantitative estimate of drug-likeness (QED) is 0.801. The lowest BCUT2D eigenvalue weighted by molar-refractivity contribution is -0.186. The summed E-state index contributed by atoms with van der Waals surface area (Å²) < 4.78 is 38.5. The van der Waals surface area contributed by atoms with E-state index in [0.29, 0.717) is 22.9 Å². The molecule has 0 saturated heterocycles. The van der Waals surface area contributed by atoms with E-state index in [0.717, 1.165) is 12.0 Å². The van der Waals surface area contributed by atoms with Crippen molar-refractivity contribution in [3.8, 4) is 0 Å². The normalized spacial score (nSPS) is 24.9. The number of nitrogens with two attached hydrogens (primary N) is 1. The summed E-state index contributed by atoms with van der Waals surface area (Å²) in [4.78, 5) is 0. The highest BCUT2D eigenvalue weighted by atomic mass is 35.5. The molecule has 1 aliphatic rings. The predicted molar refractivity (Wildman–Crippen MR) is 79.6 cm³/mol. The van der Waals surface area contributed by atoms with Gasteiger partial charge in [0, 0.05) is 6.04 Å². The summed E-state index contributed by atoms with van der Waals surface area (Å²) in [5.74, 6) is -1.35. The van der Waals surface area contributed by atoms with Gasteiger partial charge in [-0.2, -0.15) is 13.2 Å². The third-order valence-corrected chi connectivity index (χ3v) is 5.13. The average molecular weight is 340 g/mol. The lowest BCUT2D eigenvalue weighted by atomic mass is 9.76. The van der Waals surface area contributed by atoms with E-state index in [1.54, 1.807) is 12.1 Å². The molecule has 3 atom stereocenters. The van der Waals surface area contributed by atoms with Crippen molar-refractivity contribution < 1.29 is 13.2 Å². The maximum absolute atomic E-state index is 12.8. The molecule has 1 aromatic carbocycles. The maximum Gasteiger partial charge on any atom is 0.391 e. The highest BCUT2D eigenvalue weighted by Crippen LogP contribution is 2.41. The highest BCUT2D eigenvalue weighted by Gasteiger charge is 2.43. The van der Waals surface area contributed by atoms with Gasteiger partial charge in [-0.1, -0.05) is 41.8 Å². The Bertz CT molecular complexity index is 490. The molecule has 0 heterocycles. The molecule has 2 N–H and O–H groups in total. The van der Waals surface area contributed by atoms with Crippen molar-refractivity contribution >= 4 is 23.2 Å².